The Kier molecular flexibility index (Phi) is 6.75. The van der Waals surface area contributed by atoms with Crippen LogP contribution in [0.4, 0.5) is 5.69 Å². The molecule has 6 nitrogen and oxygen atoms in total. The third-order valence-electron chi connectivity index (χ3n) is 4.98. The van der Waals surface area contributed by atoms with Crippen LogP contribution in [0.2, 0.25) is 0 Å². The van der Waals surface area contributed by atoms with Gasteiger partial charge in [0.25, 0.3) is 5.91 Å². The highest BCUT2D eigenvalue weighted by molar-refractivity contribution is 5.82. The molecule has 3 rings (SSSR count). The molecular formula is C23H29N3O3. The molecule has 1 aliphatic heterocycles. The third kappa shape index (κ3) is 5.73. The molecule has 0 bridgehead atoms. The molecule has 0 aliphatic carbocycles. The number of hydrogen-bond donors (Lipinski definition) is 2. The minimum atomic E-state index is -0.155. The van der Waals surface area contributed by atoms with Crippen LogP contribution in [0, 0.1) is 6.92 Å². The number of amides is 2. The van der Waals surface area contributed by atoms with Gasteiger partial charge >= 0.3 is 0 Å². The number of benzene rings is 2. The van der Waals surface area contributed by atoms with Gasteiger partial charge in [0.15, 0.2) is 6.61 Å². The van der Waals surface area contributed by atoms with E-state index in [0.717, 1.165) is 34.7 Å². The second-order valence-corrected chi connectivity index (χ2v) is 7.70. The van der Waals surface area contributed by atoms with E-state index in [1.165, 1.54) is 0 Å². The first kappa shape index (κ1) is 20.7. The number of hydrogen-bond acceptors (Lipinski definition) is 4. The number of aryl methyl sites for hydroxylation is 1. The molecule has 1 fully saturated rings. The van der Waals surface area contributed by atoms with Crippen molar-refractivity contribution in [2.24, 2.45) is 0 Å². The fourth-order valence-corrected chi connectivity index (χ4v) is 3.32. The molecule has 0 unspecified atom stereocenters. The predicted octanol–water partition coefficient (Wildman–Crippen LogP) is 2.75. The van der Waals surface area contributed by atoms with Crippen molar-refractivity contribution in [1.29, 1.82) is 0 Å². The SMILES string of the molecule is Cc1ccc(C(C)C)c(OCC(=O)NCc2ccc(N3CCNC(=O)C3)cc2)c1. The molecule has 2 N–H and O–H groups in total. The molecule has 0 radical (unpaired) electrons. The van der Waals surface area contributed by atoms with Crippen molar-refractivity contribution >= 4 is 17.5 Å². The maximum absolute atomic E-state index is 12.2. The molecule has 0 aromatic heterocycles. The van der Waals surface area contributed by atoms with Crippen LogP contribution >= 0.6 is 0 Å². The molecule has 1 aliphatic rings. The van der Waals surface area contributed by atoms with Gasteiger partial charge in [-0.15, -0.1) is 0 Å². The van der Waals surface area contributed by atoms with E-state index in [9.17, 15) is 9.59 Å². The zero-order valence-corrected chi connectivity index (χ0v) is 17.3. The molecule has 2 amide bonds. The van der Waals surface area contributed by atoms with E-state index in [-0.39, 0.29) is 18.4 Å². The van der Waals surface area contributed by atoms with Gasteiger partial charge in [-0.05, 0) is 47.7 Å². The number of ether oxygens (including phenoxy) is 1. The highest BCUT2D eigenvalue weighted by Crippen LogP contribution is 2.27. The van der Waals surface area contributed by atoms with Crippen molar-refractivity contribution < 1.29 is 14.3 Å². The lowest BCUT2D eigenvalue weighted by Crippen LogP contribution is -2.47. The summed E-state index contributed by atoms with van der Waals surface area (Å²) < 4.78 is 5.78. The highest BCUT2D eigenvalue weighted by Gasteiger charge is 2.16. The first-order valence-corrected chi connectivity index (χ1v) is 10.0. The summed E-state index contributed by atoms with van der Waals surface area (Å²) in [5.74, 6) is 0.989. The summed E-state index contributed by atoms with van der Waals surface area (Å²) in [7, 11) is 0. The minimum absolute atomic E-state index is 0.00978. The maximum Gasteiger partial charge on any atom is 0.258 e. The lowest BCUT2D eigenvalue weighted by molar-refractivity contribution is -0.123. The fraction of sp³-hybridized carbons (Fsp3) is 0.391. The van der Waals surface area contributed by atoms with E-state index in [1.807, 2.05) is 42.2 Å². The summed E-state index contributed by atoms with van der Waals surface area (Å²) in [5.41, 5.74) is 4.22. The zero-order valence-electron chi connectivity index (χ0n) is 17.3. The summed E-state index contributed by atoms with van der Waals surface area (Å²) in [5, 5.41) is 5.72. The van der Waals surface area contributed by atoms with Crippen molar-refractivity contribution in [3.05, 3.63) is 59.2 Å². The summed E-state index contributed by atoms with van der Waals surface area (Å²) in [6.07, 6.45) is 0. The van der Waals surface area contributed by atoms with Gasteiger partial charge < -0.3 is 20.3 Å². The Morgan fingerprint density at radius 1 is 1.21 bits per heavy atom. The summed E-state index contributed by atoms with van der Waals surface area (Å²) in [6.45, 7) is 8.50. The van der Waals surface area contributed by atoms with E-state index in [2.05, 4.69) is 36.6 Å². The summed E-state index contributed by atoms with van der Waals surface area (Å²) in [4.78, 5) is 25.8. The van der Waals surface area contributed by atoms with Crippen LogP contribution in [0.3, 0.4) is 0 Å². The Hall–Kier alpha value is -3.02. The maximum atomic E-state index is 12.2. The monoisotopic (exact) mass is 395 g/mol. The first-order valence-electron chi connectivity index (χ1n) is 10.0. The molecule has 2 aromatic carbocycles. The Labute approximate surface area is 172 Å². The molecule has 2 aromatic rings. The van der Waals surface area contributed by atoms with E-state index in [0.29, 0.717) is 25.6 Å². The molecule has 0 atom stereocenters. The van der Waals surface area contributed by atoms with E-state index >= 15 is 0 Å². The molecule has 0 spiro atoms. The van der Waals surface area contributed by atoms with Gasteiger partial charge in [0.05, 0.1) is 6.54 Å². The second kappa shape index (κ2) is 9.45. The summed E-state index contributed by atoms with van der Waals surface area (Å²) in [6, 6.07) is 14.0. The van der Waals surface area contributed by atoms with Gasteiger partial charge in [0.2, 0.25) is 5.91 Å². The molecular weight excluding hydrogens is 366 g/mol. The Bertz CT molecular complexity index is 862. The largest absolute Gasteiger partial charge is 0.483 e. The number of rotatable bonds is 7. The minimum Gasteiger partial charge on any atom is -0.483 e. The van der Waals surface area contributed by atoms with Gasteiger partial charge in [-0.3, -0.25) is 9.59 Å². The molecule has 1 saturated heterocycles. The van der Waals surface area contributed by atoms with Crippen molar-refractivity contribution in [3.63, 3.8) is 0 Å². The summed E-state index contributed by atoms with van der Waals surface area (Å²) >= 11 is 0. The van der Waals surface area contributed by atoms with Gasteiger partial charge in [0.1, 0.15) is 5.75 Å². The molecule has 154 valence electrons. The third-order valence-corrected chi connectivity index (χ3v) is 4.98. The number of carbonyl (C=O) groups excluding carboxylic acids is 2. The van der Waals surface area contributed by atoms with Gasteiger partial charge in [0, 0.05) is 25.3 Å². The second-order valence-electron chi connectivity index (χ2n) is 7.70. The lowest BCUT2D eigenvalue weighted by atomic mass is 10.0. The van der Waals surface area contributed by atoms with Crippen molar-refractivity contribution in [1.82, 2.24) is 10.6 Å². The average Bonchev–Trinajstić information content (AvgIpc) is 2.71. The molecule has 6 heteroatoms. The number of nitrogens with zero attached hydrogens (tertiary/aromatic N) is 1. The number of carbonyl (C=O) groups is 2. The topological polar surface area (TPSA) is 70.7 Å². The first-order chi connectivity index (χ1) is 13.9. The fourth-order valence-electron chi connectivity index (χ4n) is 3.32. The zero-order chi connectivity index (χ0) is 20.8. The number of nitrogens with one attached hydrogen (secondary N) is 2. The Morgan fingerprint density at radius 2 is 1.97 bits per heavy atom. The molecule has 0 saturated carbocycles. The number of anilines is 1. The van der Waals surface area contributed by atoms with Crippen LogP contribution in [0.15, 0.2) is 42.5 Å². The van der Waals surface area contributed by atoms with Crippen LogP contribution in [0.25, 0.3) is 0 Å². The quantitative estimate of drug-likeness (QED) is 0.756. The average molecular weight is 396 g/mol. The van der Waals surface area contributed by atoms with E-state index < -0.39 is 0 Å². The van der Waals surface area contributed by atoms with Crippen LogP contribution in [0.1, 0.15) is 36.5 Å². The van der Waals surface area contributed by atoms with Crippen molar-refractivity contribution in [2.75, 3.05) is 31.1 Å². The van der Waals surface area contributed by atoms with Crippen LogP contribution in [0.5, 0.6) is 5.75 Å². The van der Waals surface area contributed by atoms with Crippen LogP contribution in [-0.2, 0) is 16.1 Å². The molecule has 1 heterocycles. The van der Waals surface area contributed by atoms with Crippen LogP contribution < -0.4 is 20.3 Å². The standard InChI is InChI=1S/C23H29N3O3/c1-16(2)20-9-4-17(3)12-21(20)29-15-23(28)25-13-18-5-7-19(8-6-18)26-11-10-24-22(27)14-26/h4-9,12,16H,10-11,13-15H2,1-3H3,(H,24,27)(H,25,28). The van der Waals surface area contributed by atoms with Crippen molar-refractivity contribution in [2.45, 2.75) is 33.2 Å². The lowest BCUT2D eigenvalue weighted by Gasteiger charge is -2.28. The van der Waals surface area contributed by atoms with Crippen molar-refractivity contribution in [3.8, 4) is 5.75 Å². The van der Waals surface area contributed by atoms with Gasteiger partial charge in [-0.1, -0.05) is 38.1 Å². The van der Waals surface area contributed by atoms with E-state index in [1.54, 1.807) is 0 Å². The number of piperazine rings is 1. The highest BCUT2D eigenvalue weighted by atomic mass is 16.5. The van der Waals surface area contributed by atoms with Gasteiger partial charge in [-0.25, -0.2) is 0 Å². The Balaban J connectivity index is 1.50. The van der Waals surface area contributed by atoms with Gasteiger partial charge in [-0.2, -0.15) is 0 Å². The smallest absolute Gasteiger partial charge is 0.258 e. The normalized spacial score (nSPS) is 13.9. The van der Waals surface area contributed by atoms with E-state index in [4.69, 9.17) is 4.74 Å². The molecule has 29 heavy (non-hydrogen) atoms. The Morgan fingerprint density at radius 3 is 2.66 bits per heavy atom. The van der Waals surface area contributed by atoms with Crippen LogP contribution in [-0.4, -0.2) is 38.1 Å². The predicted molar refractivity (Wildman–Crippen MR) is 114 cm³/mol.